The van der Waals surface area contributed by atoms with Crippen LogP contribution in [0.4, 0.5) is 0 Å². The molecule has 1 aliphatic rings. The average molecular weight is 1190 g/mol. The van der Waals surface area contributed by atoms with Gasteiger partial charge in [-0.1, -0.05) is 323 Å². The summed E-state index contributed by atoms with van der Waals surface area (Å²) in [5.74, 6) is -0.188. The Morgan fingerprint density at radius 3 is 1.13 bits per heavy atom. The number of aliphatic hydroxyl groups excluding tert-OH is 5. The van der Waals surface area contributed by atoms with Crippen molar-refractivity contribution in [2.75, 3.05) is 13.2 Å². The molecule has 1 saturated heterocycles. The van der Waals surface area contributed by atoms with Crippen LogP contribution in [-0.4, -0.2) is 87.5 Å². The van der Waals surface area contributed by atoms with E-state index in [1.807, 2.05) is 6.08 Å². The minimum absolute atomic E-state index is 0.188. The third kappa shape index (κ3) is 52.7. The summed E-state index contributed by atoms with van der Waals surface area (Å²) in [6.07, 6.45) is 86.7. The highest BCUT2D eigenvalue weighted by Gasteiger charge is 2.44. The Morgan fingerprint density at radius 1 is 0.412 bits per heavy atom. The lowest BCUT2D eigenvalue weighted by molar-refractivity contribution is -0.302. The van der Waals surface area contributed by atoms with Crippen LogP contribution >= 0.6 is 0 Å². The van der Waals surface area contributed by atoms with Gasteiger partial charge in [0.1, 0.15) is 24.4 Å². The molecule has 0 aliphatic carbocycles. The predicted octanol–water partition coefficient (Wildman–Crippen LogP) is 19.9. The maximum absolute atomic E-state index is 13.1. The maximum atomic E-state index is 13.1. The molecule has 0 aromatic heterocycles. The van der Waals surface area contributed by atoms with Gasteiger partial charge in [-0.2, -0.15) is 0 Å². The summed E-state index contributed by atoms with van der Waals surface area (Å²) < 4.78 is 11.3. The van der Waals surface area contributed by atoms with Crippen molar-refractivity contribution in [2.45, 2.75) is 365 Å². The lowest BCUT2D eigenvalue weighted by atomic mass is 9.99. The lowest BCUT2D eigenvalue weighted by Crippen LogP contribution is -2.60. The second kappa shape index (κ2) is 64.1. The van der Waals surface area contributed by atoms with Gasteiger partial charge in [0, 0.05) is 6.42 Å². The number of carbonyl (C=O) groups excluding carboxylic acids is 1. The molecule has 1 fully saturated rings. The van der Waals surface area contributed by atoms with Crippen LogP contribution in [-0.2, 0) is 14.3 Å². The second-order valence-electron chi connectivity index (χ2n) is 24.6. The number of hydrogen-bond acceptors (Lipinski definition) is 8. The van der Waals surface area contributed by atoms with Gasteiger partial charge in [0.15, 0.2) is 6.29 Å². The van der Waals surface area contributed by atoms with Gasteiger partial charge in [-0.15, -0.1) is 0 Å². The first-order valence-corrected chi connectivity index (χ1v) is 36.0. The molecule has 9 nitrogen and oxygen atoms in total. The summed E-state index contributed by atoms with van der Waals surface area (Å²) >= 11 is 0. The number of amides is 1. The number of unbranched alkanes of at least 4 members (excludes halogenated alkanes) is 38. The van der Waals surface area contributed by atoms with Crippen molar-refractivity contribution >= 4 is 5.91 Å². The summed E-state index contributed by atoms with van der Waals surface area (Å²) in [6, 6.07) is -0.833. The summed E-state index contributed by atoms with van der Waals surface area (Å²) in [5.41, 5.74) is 0. The molecular weight excluding hydrogens is 1050 g/mol. The third-order valence-electron chi connectivity index (χ3n) is 16.6. The summed E-state index contributed by atoms with van der Waals surface area (Å²) in [5, 5.41) is 54.7. The summed E-state index contributed by atoms with van der Waals surface area (Å²) in [7, 11) is 0. The number of hydrogen-bond donors (Lipinski definition) is 6. The standard InChI is InChI=1S/C76H135NO8/c1-3-5-7-9-11-13-15-17-19-21-23-25-27-29-30-31-32-33-34-35-36-37-38-39-40-42-44-46-48-50-52-54-56-58-60-62-64-66-72(80)77-69(68-84-76-75(83)74(82)73(81)71(67-78)85-76)70(79)65-63-61-59-57-55-53-51-49-47-45-43-41-28-26-24-22-20-18-16-14-12-10-8-6-4-2/h5,7,11,13,17,19,23,25,29-30,47,49,55,57,63,65,69-71,73-76,78-79,81-83H,3-4,6,8-10,12,14-16,18,20-22,24,26-28,31-46,48,50-54,56,58-62,64,66-68H2,1-2H3,(H,77,80)/b7-5-,13-11-,19-17-,25-23-,30-29-,49-47+,57-55+,65-63+. The molecular formula is C76H135NO8. The Labute approximate surface area is 523 Å². The van der Waals surface area contributed by atoms with Gasteiger partial charge in [0.25, 0.3) is 0 Å². The molecule has 7 atom stereocenters. The number of rotatable bonds is 62. The minimum atomic E-state index is -1.58. The van der Waals surface area contributed by atoms with Gasteiger partial charge in [-0.05, 0) is 89.9 Å². The van der Waals surface area contributed by atoms with Gasteiger partial charge in [0.2, 0.25) is 5.91 Å². The van der Waals surface area contributed by atoms with Gasteiger partial charge in [0.05, 0.1) is 25.4 Å². The zero-order valence-corrected chi connectivity index (χ0v) is 55.1. The van der Waals surface area contributed by atoms with Crippen LogP contribution in [0, 0.1) is 0 Å². The first kappa shape index (κ1) is 80.1. The Kier molecular flexibility index (Phi) is 60.4. The Morgan fingerprint density at radius 2 is 0.741 bits per heavy atom. The van der Waals surface area contributed by atoms with Crippen molar-refractivity contribution in [3.05, 3.63) is 97.2 Å². The smallest absolute Gasteiger partial charge is 0.220 e. The van der Waals surface area contributed by atoms with Crippen molar-refractivity contribution in [1.29, 1.82) is 0 Å². The fourth-order valence-electron chi connectivity index (χ4n) is 11.0. The Bertz CT molecular complexity index is 1670. The van der Waals surface area contributed by atoms with Crippen molar-refractivity contribution in [3.8, 4) is 0 Å². The van der Waals surface area contributed by atoms with Gasteiger partial charge in [-0.3, -0.25) is 4.79 Å². The first-order chi connectivity index (χ1) is 41.8. The van der Waals surface area contributed by atoms with Crippen molar-refractivity contribution in [3.63, 3.8) is 0 Å². The molecule has 1 amide bonds. The molecule has 0 radical (unpaired) electrons. The molecule has 0 saturated carbocycles. The molecule has 0 spiro atoms. The largest absolute Gasteiger partial charge is 0.394 e. The van der Waals surface area contributed by atoms with Crippen LogP contribution in [0.25, 0.3) is 0 Å². The predicted molar refractivity (Wildman–Crippen MR) is 364 cm³/mol. The number of aliphatic hydroxyl groups is 5. The van der Waals surface area contributed by atoms with E-state index < -0.39 is 49.5 Å². The zero-order chi connectivity index (χ0) is 61.4. The normalized spacial score (nSPS) is 18.7. The summed E-state index contributed by atoms with van der Waals surface area (Å²) in [6.45, 7) is 3.68. The zero-order valence-electron chi connectivity index (χ0n) is 55.1. The number of carbonyl (C=O) groups is 1. The molecule has 492 valence electrons. The quantitative estimate of drug-likeness (QED) is 0.0261. The highest BCUT2D eigenvalue weighted by atomic mass is 16.7. The molecule has 1 aliphatic heterocycles. The van der Waals surface area contributed by atoms with E-state index in [-0.39, 0.29) is 12.5 Å². The first-order valence-electron chi connectivity index (χ1n) is 36.0. The van der Waals surface area contributed by atoms with Crippen molar-refractivity contribution in [1.82, 2.24) is 5.32 Å². The van der Waals surface area contributed by atoms with E-state index >= 15 is 0 Å². The van der Waals surface area contributed by atoms with E-state index in [1.165, 1.54) is 225 Å². The van der Waals surface area contributed by atoms with Crippen molar-refractivity contribution < 1.29 is 39.8 Å². The van der Waals surface area contributed by atoms with E-state index in [4.69, 9.17) is 9.47 Å². The summed E-state index contributed by atoms with van der Waals surface area (Å²) in [4.78, 5) is 13.1. The SMILES string of the molecule is CC/C=C\C/C=C\C/C=C\C/C=C\C/C=C\CCCCCCCCCCCCCCCCCCCCCCCC(=O)NC(COC1OC(CO)C(O)C(O)C1O)C(O)/C=C/CC/C=C/CC/C=C/CCCCCCCCCCCCCCCCC. The molecule has 9 heteroatoms. The molecule has 1 heterocycles. The molecule has 0 aromatic carbocycles. The highest BCUT2D eigenvalue weighted by Crippen LogP contribution is 2.23. The molecule has 1 rings (SSSR count). The lowest BCUT2D eigenvalue weighted by Gasteiger charge is -2.40. The number of ether oxygens (including phenoxy) is 2. The Hall–Kier alpha value is -2.89. The fraction of sp³-hybridized carbons (Fsp3) is 0.776. The average Bonchev–Trinajstić information content (AvgIpc) is 3.57. The van der Waals surface area contributed by atoms with Gasteiger partial charge in [-0.25, -0.2) is 0 Å². The van der Waals surface area contributed by atoms with Gasteiger partial charge < -0.3 is 40.3 Å². The Balaban J connectivity index is 2.12. The second-order valence-corrected chi connectivity index (χ2v) is 24.6. The number of nitrogens with one attached hydrogen (secondary N) is 1. The van der Waals surface area contributed by atoms with Crippen LogP contribution in [0.1, 0.15) is 322 Å². The number of allylic oxidation sites excluding steroid dienone is 15. The molecule has 6 N–H and O–H groups in total. The van der Waals surface area contributed by atoms with Crippen LogP contribution in [0.3, 0.4) is 0 Å². The third-order valence-corrected chi connectivity index (χ3v) is 16.6. The van der Waals surface area contributed by atoms with Crippen LogP contribution in [0.15, 0.2) is 97.2 Å². The van der Waals surface area contributed by atoms with E-state index in [0.717, 1.165) is 77.0 Å². The molecule has 0 aromatic rings. The van der Waals surface area contributed by atoms with E-state index in [9.17, 15) is 30.3 Å². The van der Waals surface area contributed by atoms with E-state index in [2.05, 4.69) is 104 Å². The van der Waals surface area contributed by atoms with Crippen LogP contribution in [0.5, 0.6) is 0 Å². The van der Waals surface area contributed by atoms with E-state index in [1.54, 1.807) is 6.08 Å². The fourth-order valence-corrected chi connectivity index (χ4v) is 11.0. The van der Waals surface area contributed by atoms with Crippen LogP contribution in [0.2, 0.25) is 0 Å². The topological polar surface area (TPSA) is 149 Å². The monoisotopic (exact) mass is 1190 g/mol. The highest BCUT2D eigenvalue weighted by molar-refractivity contribution is 5.76. The van der Waals surface area contributed by atoms with E-state index in [0.29, 0.717) is 6.42 Å². The van der Waals surface area contributed by atoms with Gasteiger partial charge >= 0.3 is 0 Å². The molecule has 85 heavy (non-hydrogen) atoms. The molecule has 7 unspecified atom stereocenters. The van der Waals surface area contributed by atoms with Crippen molar-refractivity contribution in [2.24, 2.45) is 0 Å². The maximum Gasteiger partial charge on any atom is 0.220 e. The van der Waals surface area contributed by atoms with Crippen LogP contribution < -0.4 is 5.32 Å². The minimum Gasteiger partial charge on any atom is -0.394 e. The molecule has 0 bridgehead atoms.